The van der Waals surface area contributed by atoms with E-state index in [9.17, 15) is 9.90 Å². The Hall–Kier alpha value is -1.40. The van der Waals surface area contributed by atoms with Crippen LogP contribution in [-0.2, 0) is 16.1 Å². The molecule has 1 atom stereocenters. The number of aliphatic hydroxyl groups is 1. The van der Waals surface area contributed by atoms with Gasteiger partial charge in [-0.1, -0.05) is 12.8 Å². The number of rotatable bonds is 5. The van der Waals surface area contributed by atoms with Crippen LogP contribution < -0.4 is 5.32 Å². The lowest BCUT2D eigenvalue weighted by Crippen LogP contribution is -2.30. The second-order valence-electron chi connectivity index (χ2n) is 6.24. The number of nitrogens with zero attached hydrogens (tertiary/aromatic N) is 2. The second-order valence-corrected chi connectivity index (χ2v) is 6.24. The van der Waals surface area contributed by atoms with Crippen molar-refractivity contribution in [2.45, 2.75) is 63.2 Å². The number of ether oxygens (including phenoxy) is 1. The third-order valence-corrected chi connectivity index (χ3v) is 4.36. The molecule has 1 aliphatic heterocycles. The van der Waals surface area contributed by atoms with Gasteiger partial charge in [0.25, 0.3) is 0 Å². The Morgan fingerprint density at radius 1 is 1.48 bits per heavy atom. The summed E-state index contributed by atoms with van der Waals surface area (Å²) in [6, 6.07) is 0. The lowest BCUT2D eigenvalue weighted by Gasteiger charge is -2.20. The Morgan fingerprint density at radius 3 is 3.00 bits per heavy atom. The molecule has 116 valence electrons. The van der Waals surface area contributed by atoms with Crippen molar-refractivity contribution >= 4 is 11.6 Å². The van der Waals surface area contributed by atoms with Gasteiger partial charge in [-0.05, 0) is 25.7 Å². The molecule has 0 aromatic carbocycles. The van der Waals surface area contributed by atoms with Gasteiger partial charge < -0.3 is 15.2 Å². The zero-order chi connectivity index (χ0) is 14.7. The van der Waals surface area contributed by atoms with Crippen molar-refractivity contribution in [1.82, 2.24) is 9.78 Å². The van der Waals surface area contributed by atoms with Crippen LogP contribution in [0.25, 0.3) is 0 Å². The highest BCUT2D eigenvalue weighted by Gasteiger charge is 2.33. The quantitative estimate of drug-likeness (QED) is 0.866. The number of hydrogen-bond acceptors (Lipinski definition) is 4. The summed E-state index contributed by atoms with van der Waals surface area (Å²) in [7, 11) is 0. The van der Waals surface area contributed by atoms with Gasteiger partial charge in [0.2, 0.25) is 5.91 Å². The summed E-state index contributed by atoms with van der Waals surface area (Å²) >= 11 is 0. The Morgan fingerprint density at radius 2 is 2.29 bits per heavy atom. The minimum Gasteiger partial charge on any atom is -0.389 e. The zero-order valence-corrected chi connectivity index (χ0v) is 12.3. The average Bonchev–Trinajstić information content (AvgIpc) is 3.14. The molecule has 2 N–H and O–H groups in total. The van der Waals surface area contributed by atoms with Crippen LogP contribution in [-0.4, -0.2) is 39.1 Å². The predicted molar refractivity (Wildman–Crippen MR) is 77.9 cm³/mol. The average molecular weight is 293 g/mol. The normalized spacial score (nSPS) is 24.3. The molecule has 6 heteroatoms. The molecule has 1 saturated carbocycles. The van der Waals surface area contributed by atoms with Gasteiger partial charge in [-0.3, -0.25) is 9.48 Å². The van der Waals surface area contributed by atoms with Gasteiger partial charge in [0, 0.05) is 12.8 Å². The summed E-state index contributed by atoms with van der Waals surface area (Å²) in [5, 5.41) is 17.3. The Bertz CT molecular complexity index is 488. The Balaban J connectivity index is 1.50. The molecule has 1 unspecified atom stereocenters. The molecule has 1 aromatic heterocycles. The molecule has 0 spiro atoms. The highest BCUT2D eigenvalue weighted by Crippen LogP contribution is 2.32. The van der Waals surface area contributed by atoms with Crippen molar-refractivity contribution in [3.63, 3.8) is 0 Å². The predicted octanol–water partition coefficient (Wildman–Crippen LogP) is 1.70. The van der Waals surface area contributed by atoms with Crippen molar-refractivity contribution < 1.29 is 14.6 Å². The monoisotopic (exact) mass is 293 g/mol. The van der Waals surface area contributed by atoms with Gasteiger partial charge in [-0.25, -0.2) is 0 Å². The van der Waals surface area contributed by atoms with Crippen molar-refractivity contribution in [3.05, 3.63) is 12.4 Å². The van der Waals surface area contributed by atoms with Gasteiger partial charge in [0.1, 0.15) is 0 Å². The highest BCUT2D eigenvalue weighted by atomic mass is 16.5. The molecular weight excluding hydrogens is 270 g/mol. The molecule has 2 heterocycles. The van der Waals surface area contributed by atoms with E-state index in [2.05, 4.69) is 10.4 Å². The molecule has 0 radical (unpaired) electrons. The van der Waals surface area contributed by atoms with Gasteiger partial charge in [0.05, 0.1) is 36.6 Å². The molecule has 3 rings (SSSR count). The van der Waals surface area contributed by atoms with Crippen LogP contribution in [0.4, 0.5) is 5.69 Å². The van der Waals surface area contributed by atoms with Crippen LogP contribution in [0.2, 0.25) is 0 Å². The zero-order valence-electron chi connectivity index (χ0n) is 12.3. The van der Waals surface area contributed by atoms with E-state index >= 15 is 0 Å². The standard InChI is InChI=1S/C15H23N3O3/c19-14(8-15(20)5-1-2-6-15)17-12-9-16-18(10-12)11-13-4-3-7-21-13/h9-10,13,20H,1-8,11H2,(H,17,19). The number of aromatic nitrogens is 2. The Labute approximate surface area is 124 Å². The topological polar surface area (TPSA) is 76.4 Å². The van der Waals surface area contributed by atoms with E-state index in [1.165, 1.54) is 0 Å². The van der Waals surface area contributed by atoms with E-state index in [0.717, 1.165) is 51.7 Å². The summed E-state index contributed by atoms with van der Waals surface area (Å²) in [6.07, 6.45) is 9.48. The van der Waals surface area contributed by atoms with E-state index in [-0.39, 0.29) is 18.4 Å². The number of carbonyl (C=O) groups excluding carboxylic acids is 1. The number of anilines is 1. The SMILES string of the molecule is O=C(CC1(O)CCCC1)Nc1cnn(CC2CCCO2)c1. The smallest absolute Gasteiger partial charge is 0.227 e. The molecule has 1 amide bonds. The van der Waals surface area contributed by atoms with Crippen LogP contribution in [0.3, 0.4) is 0 Å². The van der Waals surface area contributed by atoms with Gasteiger partial charge in [0.15, 0.2) is 0 Å². The first-order valence-electron chi connectivity index (χ1n) is 7.79. The molecule has 2 fully saturated rings. The lowest BCUT2D eigenvalue weighted by molar-refractivity contribution is -0.120. The summed E-state index contributed by atoms with van der Waals surface area (Å²) in [5.74, 6) is -0.143. The van der Waals surface area contributed by atoms with E-state index in [4.69, 9.17) is 4.74 Å². The van der Waals surface area contributed by atoms with Crippen LogP contribution in [0.5, 0.6) is 0 Å². The number of amides is 1. The second kappa shape index (κ2) is 6.15. The first-order chi connectivity index (χ1) is 10.1. The van der Waals surface area contributed by atoms with E-state index in [0.29, 0.717) is 5.69 Å². The van der Waals surface area contributed by atoms with Gasteiger partial charge in [-0.2, -0.15) is 5.10 Å². The molecule has 1 aromatic rings. The highest BCUT2D eigenvalue weighted by molar-refractivity contribution is 5.91. The van der Waals surface area contributed by atoms with Crippen molar-refractivity contribution in [3.8, 4) is 0 Å². The van der Waals surface area contributed by atoms with E-state index < -0.39 is 5.60 Å². The molecule has 1 aliphatic carbocycles. The molecule has 21 heavy (non-hydrogen) atoms. The molecular formula is C15H23N3O3. The molecule has 2 aliphatic rings. The Kier molecular flexibility index (Phi) is 4.26. The van der Waals surface area contributed by atoms with E-state index in [1.54, 1.807) is 10.9 Å². The summed E-state index contributed by atoms with van der Waals surface area (Å²) < 4.78 is 7.37. The van der Waals surface area contributed by atoms with Crippen molar-refractivity contribution in [2.24, 2.45) is 0 Å². The van der Waals surface area contributed by atoms with Crippen LogP contribution in [0.1, 0.15) is 44.9 Å². The minimum atomic E-state index is -0.808. The molecule has 1 saturated heterocycles. The molecule has 0 bridgehead atoms. The third kappa shape index (κ3) is 3.83. The summed E-state index contributed by atoms with van der Waals surface area (Å²) in [5.41, 5.74) is -0.128. The number of carbonyl (C=O) groups is 1. The van der Waals surface area contributed by atoms with Crippen molar-refractivity contribution in [2.75, 3.05) is 11.9 Å². The largest absolute Gasteiger partial charge is 0.389 e. The number of nitrogens with one attached hydrogen (secondary N) is 1. The number of hydrogen-bond donors (Lipinski definition) is 2. The third-order valence-electron chi connectivity index (χ3n) is 4.36. The fourth-order valence-corrected chi connectivity index (χ4v) is 3.24. The fourth-order valence-electron chi connectivity index (χ4n) is 3.24. The van der Waals surface area contributed by atoms with E-state index in [1.807, 2.05) is 6.20 Å². The maximum absolute atomic E-state index is 12.0. The maximum Gasteiger partial charge on any atom is 0.227 e. The fraction of sp³-hybridized carbons (Fsp3) is 0.733. The lowest BCUT2D eigenvalue weighted by atomic mass is 9.98. The summed E-state index contributed by atoms with van der Waals surface area (Å²) in [6.45, 7) is 1.55. The van der Waals surface area contributed by atoms with Crippen LogP contribution in [0.15, 0.2) is 12.4 Å². The van der Waals surface area contributed by atoms with Crippen LogP contribution in [0, 0.1) is 0 Å². The summed E-state index contributed by atoms with van der Waals surface area (Å²) in [4.78, 5) is 12.0. The van der Waals surface area contributed by atoms with Crippen LogP contribution >= 0.6 is 0 Å². The minimum absolute atomic E-state index is 0.143. The van der Waals surface area contributed by atoms with Crippen molar-refractivity contribution in [1.29, 1.82) is 0 Å². The first kappa shape index (κ1) is 14.5. The molecule has 6 nitrogen and oxygen atoms in total. The van der Waals surface area contributed by atoms with Gasteiger partial charge in [-0.15, -0.1) is 0 Å². The van der Waals surface area contributed by atoms with Gasteiger partial charge >= 0.3 is 0 Å². The first-order valence-corrected chi connectivity index (χ1v) is 7.79. The maximum atomic E-state index is 12.0.